The Morgan fingerprint density at radius 2 is 1.67 bits per heavy atom. The Morgan fingerprint density at radius 1 is 1.04 bits per heavy atom. The van der Waals surface area contributed by atoms with Crippen LogP contribution in [0.2, 0.25) is 0 Å². The van der Waals surface area contributed by atoms with Gasteiger partial charge in [-0.15, -0.1) is 0 Å². The number of aliphatic carboxylic acids is 2. The fraction of sp³-hybridized carbons (Fsp3) is 0.571. The quantitative estimate of drug-likeness (QED) is 0.482. The highest BCUT2D eigenvalue weighted by Gasteiger charge is 2.47. The molecule has 0 bridgehead atoms. The molecule has 0 aliphatic rings. The van der Waals surface area contributed by atoms with Crippen LogP contribution >= 0.6 is 0 Å². The van der Waals surface area contributed by atoms with E-state index < -0.39 is 23.4 Å². The first kappa shape index (κ1) is 22.7. The van der Waals surface area contributed by atoms with E-state index >= 15 is 0 Å². The molecule has 6 nitrogen and oxygen atoms in total. The number of carbonyl (C=O) groups is 3. The molecule has 6 heteroatoms. The summed E-state index contributed by atoms with van der Waals surface area (Å²) in [5.74, 6) is -3.42. The van der Waals surface area contributed by atoms with Gasteiger partial charge in [0.2, 0.25) is 11.4 Å². The van der Waals surface area contributed by atoms with Gasteiger partial charge in [-0.25, -0.2) is 9.59 Å². The molecule has 0 saturated heterocycles. The Balaban J connectivity index is 3.14. The van der Waals surface area contributed by atoms with Crippen molar-refractivity contribution in [1.29, 1.82) is 0 Å². The van der Waals surface area contributed by atoms with E-state index in [4.69, 9.17) is 0 Å². The highest BCUT2D eigenvalue weighted by molar-refractivity contribution is 6.06. The third-order valence-electron chi connectivity index (χ3n) is 4.93. The van der Waals surface area contributed by atoms with Gasteiger partial charge in [0.25, 0.3) is 0 Å². The van der Waals surface area contributed by atoms with Crippen LogP contribution in [0.25, 0.3) is 0 Å². The van der Waals surface area contributed by atoms with E-state index in [1.165, 1.54) is 0 Å². The number of hydrogen-bond donors (Lipinski definition) is 3. The Bertz CT molecular complexity index is 642. The van der Waals surface area contributed by atoms with E-state index in [1.807, 2.05) is 24.3 Å². The van der Waals surface area contributed by atoms with Crippen LogP contribution in [0, 0.1) is 0 Å². The number of carboxylic acids is 2. The zero-order chi connectivity index (χ0) is 20.4. The van der Waals surface area contributed by atoms with Gasteiger partial charge in [-0.1, -0.05) is 57.4 Å². The monoisotopic (exact) mass is 377 g/mol. The molecule has 1 atom stereocenters. The Morgan fingerprint density at radius 3 is 2.19 bits per heavy atom. The summed E-state index contributed by atoms with van der Waals surface area (Å²) in [5, 5.41) is 21.1. The second-order valence-corrected chi connectivity index (χ2v) is 7.02. The zero-order valence-electron chi connectivity index (χ0n) is 16.5. The van der Waals surface area contributed by atoms with E-state index in [9.17, 15) is 24.6 Å². The average Bonchev–Trinajstić information content (AvgIpc) is 2.61. The molecule has 0 fully saturated rings. The van der Waals surface area contributed by atoms with Gasteiger partial charge in [0.05, 0.1) is 0 Å². The molecule has 0 radical (unpaired) electrons. The summed E-state index contributed by atoms with van der Waals surface area (Å²) in [6, 6.07) is 7.81. The van der Waals surface area contributed by atoms with Crippen LogP contribution in [0.1, 0.15) is 76.3 Å². The first-order valence-electron chi connectivity index (χ1n) is 9.61. The molecule has 0 aliphatic carbocycles. The van der Waals surface area contributed by atoms with Crippen molar-refractivity contribution in [2.24, 2.45) is 0 Å². The number of carbonyl (C=O) groups excluding carboxylic acids is 1. The van der Waals surface area contributed by atoms with Crippen LogP contribution in [-0.2, 0) is 20.8 Å². The van der Waals surface area contributed by atoms with Gasteiger partial charge in [0.1, 0.15) is 0 Å². The normalized spacial score (nSPS) is 12.4. The SMILES string of the molecule is CCCCC(CCC)c1ccccc1CCC(NC(C)=O)(C(=O)O)C(=O)O. The highest BCUT2D eigenvalue weighted by Crippen LogP contribution is 2.31. The summed E-state index contributed by atoms with van der Waals surface area (Å²) < 4.78 is 0. The van der Waals surface area contributed by atoms with Crippen molar-refractivity contribution in [3.8, 4) is 0 Å². The second-order valence-electron chi connectivity index (χ2n) is 7.02. The van der Waals surface area contributed by atoms with Crippen molar-refractivity contribution in [1.82, 2.24) is 5.32 Å². The van der Waals surface area contributed by atoms with Crippen molar-refractivity contribution >= 4 is 17.8 Å². The smallest absolute Gasteiger partial charge is 0.341 e. The lowest BCUT2D eigenvalue weighted by molar-refractivity contribution is -0.161. The maximum absolute atomic E-state index is 11.7. The number of amides is 1. The molecule has 0 aromatic heterocycles. The van der Waals surface area contributed by atoms with Gasteiger partial charge < -0.3 is 15.5 Å². The minimum atomic E-state index is -2.32. The summed E-state index contributed by atoms with van der Waals surface area (Å²) in [6.45, 7) is 5.41. The molecule has 0 saturated carbocycles. The van der Waals surface area contributed by atoms with Crippen LogP contribution in [-0.4, -0.2) is 33.6 Å². The van der Waals surface area contributed by atoms with Crippen molar-refractivity contribution in [3.63, 3.8) is 0 Å². The standard InChI is InChI=1S/C21H31NO5/c1-4-6-10-16(9-5-2)18-12-8-7-11-17(18)13-14-21(19(24)25,20(26)27)22-15(3)23/h7-8,11-12,16H,4-6,9-10,13-14H2,1-3H3,(H,22,23)(H,24,25)(H,26,27). The minimum absolute atomic E-state index is 0.207. The number of carboxylic acid groups (broad SMARTS) is 2. The third-order valence-corrected chi connectivity index (χ3v) is 4.93. The van der Waals surface area contributed by atoms with Gasteiger partial charge in [0.15, 0.2) is 0 Å². The number of rotatable bonds is 12. The van der Waals surface area contributed by atoms with Crippen LogP contribution in [0.4, 0.5) is 0 Å². The van der Waals surface area contributed by atoms with E-state index in [0.29, 0.717) is 5.92 Å². The molecule has 27 heavy (non-hydrogen) atoms. The topological polar surface area (TPSA) is 104 Å². The minimum Gasteiger partial charge on any atom is -0.479 e. The third kappa shape index (κ3) is 6.08. The van der Waals surface area contributed by atoms with Gasteiger partial charge in [-0.2, -0.15) is 0 Å². The van der Waals surface area contributed by atoms with E-state index in [1.54, 1.807) is 0 Å². The Kier molecular flexibility index (Phi) is 8.98. The summed E-state index contributed by atoms with van der Waals surface area (Å²) in [6.07, 6.45) is 5.40. The van der Waals surface area contributed by atoms with Crippen molar-refractivity contribution in [3.05, 3.63) is 35.4 Å². The molecule has 1 aromatic carbocycles. The van der Waals surface area contributed by atoms with E-state index in [0.717, 1.165) is 50.2 Å². The fourth-order valence-electron chi connectivity index (χ4n) is 3.51. The number of unbranched alkanes of at least 4 members (excludes halogenated alkanes) is 1. The number of aryl methyl sites for hydroxylation is 1. The lowest BCUT2D eigenvalue weighted by Gasteiger charge is -2.27. The van der Waals surface area contributed by atoms with Gasteiger partial charge in [-0.3, -0.25) is 4.79 Å². The molecular formula is C21H31NO5. The predicted octanol–water partition coefficient (Wildman–Crippen LogP) is 3.74. The average molecular weight is 377 g/mol. The van der Waals surface area contributed by atoms with E-state index in [2.05, 4.69) is 19.2 Å². The van der Waals surface area contributed by atoms with Crippen LogP contribution < -0.4 is 5.32 Å². The first-order valence-corrected chi connectivity index (χ1v) is 9.61. The van der Waals surface area contributed by atoms with Crippen LogP contribution in [0.15, 0.2) is 24.3 Å². The molecule has 1 rings (SSSR count). The molecule has 1 amide bonds. The number of benzene rings is 1. The molecule has 0 heterocycles. The van der Waals surface area contributed by atoms with E-state index in [-0.39, 0.29) is 12.8 Å². The van der Waals surface area contributed by atoms with Crippen LogP contribution in [0.5, 0.6) is 0 Å². The van der Waals surface area contributed by atoms with Crippen molar-refractivity contribution < 1.29 is 24.6 Å². The van der Waals surface area contributed by atoms with Gasteiger partial charge >= 0.3 is 11.9 Å². The largest absolute Gasteiger partial charge is 0.479 e. The lowest BCUT2D eigenvalue weighted by atomic mass is 9.83. The second kappa shape index (κ2) is 10.7. The maximum Gasteiger partial charge on any atom is 0.341 e. The molecular weight excluding hydrogens is 346 g/mol. The maximum atomic E-state index is 11.7. The summed E-state index contributed by atoms with van der Waals surface area (Å²) in [4.78, 5) is 34.8. The predicted molar refractivity (Wildman–Crippen MR) is 104 cm³/mol. The highest BCUT2D eigenvalue weighted by atomic mass is 16.4. The van der Waals surface area contributed by atoms with Gasteiger partial charge in [-0.05, 0) is 42.7 Å². The van der Waals surface area contributed by atoms with Gasteiger partial charge in [0, 0.05) is 6.92 Å². The number of nitrogens with one attached hydrogen (secondary N) is 1. The van der Waals surface area contributed by atoms with Crippen molar-refractivity contribution in [2.45, 2.75) is 77.2 Å². The molecule has 0 aliphatic heterocycles. The Labute approximate surface area is 161 Å². The summed E-state index contributed by atoms with van der Waals surface area (Å²) in [7, 11) is 0. The molecule has 1 unspecified atom stereocenters. The van der Waals surface area contributed by atoms with Crippen molar-refractivity contribution in [2.75, 3.05) is 0 Å². The fourth-order valence-corrected chi connectivity index (χ4v) is 3.51. The summed E-state index contributed by atoms with van der Waals surface area (Å²) >= 11 is 0. The molecule has 150 valence electrons. The Hall–Kier alpha value is -2.37. The first-order chi connectivity index (χ1) is 12.8. The lowest BCUT2D eigenvalue weighted by Crippen LogP contribution is -2.60. The molecule has 0 spiro atoms. The summed E-state index contributed by atoms with van der Waals surface area (Å²) in [5.41, 5.74) is -0.215. The molecule has 3 N–H and O–H groups in total. The van der Waals surface area contributed by atoms with Crippen LogP contribution in [0.3, 0.4) is 0 Å². The molecule has 1 aromatic rings. The zero-order valence-corrected chi connectivity index (χ0v) is 16.5. The number of hydrogen-bond acceptors (Lipinski definition) is 3.